The Morgan fingerprint density at radius 1 is 1.19 bits per heavy atom. The van der Waals surface area contributed by atoms with Gasteiger partial charge in [-0.15, -0.1) is 9.15 Å². The summed E-state index contributed by atoms with van der Waals surface area (Å²) in [7, 11) is 3.97. The second kappa shape index (κ2) is 6.94. The predicted octanol–water partition coefficient (Wildman–Crippen LogP) is 0.994. The van der Waals surface area contributed by atoms with Crippen molar-refractivity contribution in [2.24, 2.45) is 5.73 Å². The largest absolute Gasteiger partial charge is 0.476 e. The highest BCUT2D eigenvalue weighted by atomic mass is 15.1. The van der Waals surface area contributed by atoms with Crippen molar-refractivity contribution in [1.29, 1.82) is 0 Å². The standard InChI is InChI=1S/C13H21N3/c1-15(2)12-16(10-6-9-14)11-13-7-4-3-5-8-13/h3-5,7-8H,6,9-11,14H2,1-2H3/q+2. The fraction of sp³-hybridized carbons (Fsp3) is 0.462. The maximum Gasteiger partial charge on any atom is 0.476 e. The molecule has 2 N–H and O–H groups in total. The van der Waals surface area contributed by atoms with E-state index in [0.29, 0.717) is 0 Å². The molecule has 1 aromatic rings. The van der Waals surface area contributed by atoms with Crippen molar-refractivity contribution in [3.63, 3.8) is 0 Å². The second-order valence-corrected chi connectivity index (χ2v) is 4.04. The Kier molecular flexibility index (Phi) is 5.48. The summed E-state index contributed by atoms with van der Waals surface area (Å²) in [6, 6.07) is 13.7. The fourth-order valence-corrected chi connectivity index (χ4v) is 1.53. The van der Waals surface area contributed by atoms with Gasteiger partial charge in [-0.05, 0) is 6.54 Å². The second-order valence-electron chi connectivity index (χ2n) is 4.04. The van der Waals surface area contributed by atoms with Crippen LogP contribution in [0.4, 0.5) is 0 Å². The molecule has 1 rings (SSSR count). The van der Waals surface area contributed by atoms with Crippen molar-refractivity contribution >= 4 is 6.01 Å². The Bertz CT molecular complexity index is 371. The molecular weight excluding hydrogens is 198 g/mol. The minimum Gasteiger partial charge on any atom is -0.330 e. The number of benzene rings is 1. The average molecular weight is 219 g/mol. The van der Waals surface area contributed by atoms with Crippen molar-refractivity contribution < 1.29 is 9.15 Å². The van der Waals surface area contributed by atoms with E-state index in [4.69, 9.17) is 5.73 Å². The molecule has 0 fully saturated rings. The van der Waals surface area contributed by atoms with Crippen molar-refractivity contribution in [3.8, 4) is 0 Å². The van der Waals surface area contributed by atoms with Crippen LogP contribution in [0.2, 0.25) is 0 Å². The zero-order chi connectivity index (χ0) is 11.8. The molecule has 0 aliphatic carbocycles. The van der Waals surface area contributed by atoms with Gasteiger partial charge in [0.25, 0.3) is 0 Å². The molecule has 3 heteroatoms. The molecule has 1 aromatic carbocycles. The lowest BCUT2D eigenvalue weighted by molar-refractivity contribution is -0.577. The smallest absolute Gasteiger partial charge is 0.330 e. The summed E-state index contributed by atoms with van der Waals surface area (Å²) >= 11 is 0. The molecule has 0 unspecified atom stereocenters. The van der Waals surface area contributed by atoms with Crippen molar-refractivity contribution in [2.45, 2.75) is 13.0 Å². The zero-order valence-electron chi connectivity index (χ0n) is 10.2. The van der Waals surface area contributed by atoms with E-state index in [-0.39, 0.29) is 0 Å². The molecule has 16 heavy (non-hydrogen) atoms. The lowest BCUT2D eigenvalue weighted by Crippen LogP contribution is -2.18. The van der Waals surface area contributed by atoms with Gasteiger partial charge in [0.15, 0.2) is 13.1 Å². The van der Waals surface area contributed by atoms with Crippen LogP contribution in [0.1, 0.15) is 12.0 Å². The van der Waals surface area contributed by atoms with Crippen LogP contribution in [0.3, 0.4) is 0 Å². The van der Waals surface area contributed by atoms with E-state index in [9.17, 15) is 0 Å². The van der Waals surface area contributed by atoms with Gasteiger partial charge in [0.1, 0.15) is 14.1 Å². The molecule has 0 radical (unpaired) electrons. The molecule has 0 heterocycles. The molecule has 3 nitrogen and oxygen atoms in total. The SMILES string of the molecule is C[N+](C)=C=[N+](CCCN)Cc1ccccc1. The minimum atomic E-state index is 0.723. The number of nitrogens with zero attached hydrogens (tertiary/aromatic N) is 2. The third-order valence-electron chi connectivity index (χ3n) is 2.19. The van der Waals surface area contributed by atoms with Crippen molar-refractivity contribution in [2.75, 3.05) is 27.2 Å². The maximum absolute atomic E-state index is 5.53. The molecule has 0 spiro atoms. The Hall–Kier alpha value is -1.44. The summed E-state index contributed by atoms with van der Waals surface area (Å²) in [6.07, 6.45) is 0.994. The maximum atomic E-state index is 5.53. The van der Waals surface area contributed by atoms with E-state index in [1.165, 1.54) is 5.56 Å². The van der Waals surface area contributed by atoms with Gasteiger partial charge in [-0.25, -0.2) is 0 Å². The molecule has 0 saturated carbocycles. The highest BCUT2D eigenvalue weighted by Crippen LogP contribution is 2.00. The Morgan fingerprint density at radius 2 is 1.88 bits per heavy atom. The Balaban J connectivity index is 2.76. The van der Waals surface area contributed by atoms with Gasteiger partial charge in [0.05, 0.1) is 0 Å². The third-order valence-corrected chi connectivity index (χ3v) is 2.19. The molecule has 0 bridgehead atoms. The highest BCUT2D eigenvalue weighted by Gasteiger charge is 2.07. The average Bonchev–Trinajstić information content (AvgIpc) is 2.26. The van der Waals surface area contributed by atoms with E-state index < -0.39 is 0 Å². The fourth-order valence-electron chi connectivity index (χ4n) is 1.53. The highest BCUT2D eigenvalue weighted by molar-refractivity contribution is 5.26. The van der Waals surface area contributed by atoms with Gasteiger partial charge in [0, 0.05) is 12.0 Å². The van der Waals surface area contributed by atoms with Crippen LogP contribution >= 0.6 is 0 Å². The Morgan fingerprint density at radius 3 is 2.44 bits per heavy atom. The van der Waals surface area contributed by atoms with Crippen LogP contribution < -0.4 is 5.73 Å². The first-order valence-corrected chi connectivity index (χ1v) is 5.65. The van der Waals surface area contributed by atoms with E-state index >= 15 is 0 Å². The van der Waals surface area contributed by atoms with Gasteiger partial charge in [-0.2, -0.15) is 0 Å². The van der Waals surface area contributed by atoms with Gasteiger partial charge in [-0.3, -0.25) is 0 Å². The third kappa shape index (κ3) is 4.87. The topological polar surface area (TPSA) is 32.0 Å². The molecule has 0 aliphatic rings. The van der Waals surface area contributed by atoms with Gasteiger partial charge in [0.2, 0.25) is 0 Å². The van der Waals surface area contributed by atoms with Crippen LogP contribution in [0.5, 0.6) is 0 Å². The number of hydrogen-bond donors (Lipinski definition) is 1. The summed E-state index contributed by atoms with van der Waals surface area (Å²) < 4.78 is 4.11. The number of rotatable bonds is 5. The zero-order valence-corrected chi connectivity index (χ0v) is 10.2. The summed E-state index contributed by atoms with van der Waals surface area (Å²) in [5.74, 6) is 0. The summed E-state index contributed by atoms with van der Waals surface area (Å²) in [5.41, 5.74) is 6.83. The van der Waals surface area contributed by atoms with E-state index in [2.05, 4.69) is 34.8 Å². The number of nitrogens with two attached hydrogens (primary N) is 1. The summed E-state index contributed by atoms with van der Waals surface area (Å²) in [5, 5.41) is 0. The first-order chi connectivity index (χ1) is 7.72. The van der Waals surface area contributed by atoms with Gasteiger partial charge < -0.3 is 5.73 Å². The molecule has 0 saturated heterocycles. The van der Waals surface area contributed by atoms with E-state index in [0.717, 1.165) is 26.1 Å². The summed E-state index contributed by atoms with van der Waals surface area (Å²) in [4.78, 5) is 0. The first-order valence-electron chi connectivity index (χ1n) is 5.65. The molecule has 0 amide bonds. The monoisotopic (exact) mass is 219 g/mol. The normalized spacial score (nSPS) is 9.69. The van der Waals surface area contributed by atoms with Crippen LogP contribution in [0.25, 0.3) is 0 Å². The summed E-state index contributed by atoms with van der Waals surface area (Å²) in [6.45, 7) is 2.56. The Labute approximate surface area is 97.5 Å². The van der Waals surface area contributed by atoms with Crippen LogP contribution in [0, 0.1) is 0 Å². The van der Waals surface area contributed by atoms with Crippen LogP contribution in [-0.2, 0) is 6.54 Å². The van der Waals surface area contributed by atoms with Gasteiger partial charge >= 0.3 is 6.01 Å². The lowest BCUT2D eigenvalue weighted by atomic mass is 10.2. The van der Waals surface area contributed by atoms with Crippen LogP contribution in [0.15, 0.2) is 30.3 Å². The van der Waals surface area contributed by atoms with Crippen LogP contribution in [-0.4, -0.2) is 42.3 Å². The quantitative estimate of drug-likeness (QED) is 0.581. The van der Waals surface area contributed by atoms with Crippen molar-refractivity contribution in [1.82, 2.24) is 0 Å². The van der Waals surface area contributed by atoms with Crippen molar-refractivity contribution in [3.05, 3.63) is 35.9 Å². The minimum absolute atomic E-state index is 0.723. The van der Waals surface area contributed by atoms with E-state index in [1.807, 2.05) is 24.7 Å². The van der Waals surface area contributed by atoms with Gasteiger partial charge in [-0.1, -0.05) is 30.3 Å². The van der Waals surface area contributed by atoms with E-state index in [1.54, 1.807) is 0 Å². The molecule has 86 valence electrons. The molecule has 0 atom stereocenters. The first kappa shape index (κ1) is 12.6. The predicted molar refractivity (Wildman–Crippen MR) is 66.1 cm³/mol. The molecule has 0 aliphatic heterocycles. The lowest BCUT2D eigenvalue weighted by Gasteiger charge is -1.98. The molecule has 0 aromatic heterocycles. The molecular formula is C13H21N3+2. The number of hydrogen-bond acceptors (Lipinski definition) is 1.